The summed E-state index contributed by atoms with van der Waals surface area (Å²) in [6.45, 7) is 1.84. The summed E-state index contributed by atoms with van der Waals surface area (Å²) in [5.41, 5.74) is -0.718. The summed E-state index contributed by atoms with van der Waals surface area (Å²) in [7, 11) is 1.49. The third-order valence-electron chi connectivity index (χ3n) is 3.41. The van der Waals surface area contributed by atoms with E-state index < -0.39 is 30.1 Å². The molecule has 0 amide bonds. The second kappa shape index (κ2) is 4.79. The van der Waals surface area contributed by atoms with Crippen LogP contribution in [0.25, 0.3) is 0 Å². The lowest BCUT2D eigenvalue weighted by Crippen LogP contribution is -2.55. The van der Waals surface area contributed by atoms with Crippen molar-refractivity contribution in [1.82, 2.24) is 0 Å². The highest BCUT2D eigenvalue weighted by atomic mass is 19.3. The molecule has 0 spiro atoms. The topological polar surface area (TPSA) is 35.5 Å². The van der Waals surface area contributed by atoms with E-state index in [0.29, 0.717) is 11.3 Å². The largest absolute Gasteiger partial charge is 0.497 e. The fourth-order valence-corrected chi connectivity index (χ4v) is 2.49. The van der Waals surface area contributed by atoms with Crippen LogP contribution in [0, 0.1) is 0 Å². The lowest BCUT2D eigenvalue weighted by Gasteiger charge is -2.45. The molecule has 1 aliphatic carbocycles. The third-order valence-corrected chi connectivity index (χ3v) is 3.41. The average molecular weight is 270 g/mol. The van der Waals surface area contributed by atoms with Gasteiger partial charge in [-0.15, -0.1) is 0 Å². The van der Waals surface area contributed by atoms with Crippen molar-refractivity contribution in [2.45, 2.75) is 31.1 Å². The maximum Gasteiger partial charge on any atom is 0.317 e. The first kappa shape index (κ1) is 13.8. The zero-order valence-corrected chi connectivity index (χ0v) is 10.9. The zero-order valence-electron chi connectivity index (χ0n) is 10.9. The Kier molecular flexibility index (Phi) is 3.47. The second-order valence-electron chi connectivity index (χ2n) is 4.74. The number of methoxy groups -OCH3 is 1. The Morgan fingerprint density at radius 1 is 1.37 bits per heavy atom. The van der Waals surface area contributed by atoms with Gasteiger partial charge >= 0.3 is 5.97 Å². The minimum atomic E-state index is -2.81. The highest BCUT2D eigenvalue weighted by molar-refractivity contribution is 5.85. The average Bonchev–Trinajstić information content (AvgIpc) is 2.35. The van der Waals surface area contributed by atoms with Crippen LogP contribution in [0.15, 0.2) is 24.3 Å². The summed E-state index contributed by atoms with van der Waals surface area (Å²) < 4.78 is 36.6. The predicted molar refractivity (Wildman–Crippen MR) is 65.5 cm³/mol. The van der Waals surface area contributed by atoms with Crippen molar-refractivity contribution in [3.05, 3.63) is 29.8 Å². The molecule has 5 heteroatoms. The van der Waals surface area contributed by atoms with Crippen LogP contribution in [0.3, 0.4) is 0 Å². The second-order valence-corrected chi connectivity index (χ2v) is 4.74. The Bertz CT molecular complexity index is 477. The van der Waals surface area contributed by atoms with Gasteiger partial charge in [-0.3, -0.25) is 4.79 Å². The van der Waals surface area contributed by atoms with Gasteiger partial charge in [0.1, 0.15) is 11.2 Å². The summed E-state index contributed by atoms with van der Waals surface area (Å²) in [6, 6.07) is 6.67. The number of hydrogen-bond donors (Lipinski definition) is 0. The van der Waals surface area contributed by atoms with Gasteiger partial charge in [-0.25, -0.2) is 8.78 Å². The Labute approximate surface area is 110 Å². The van der Waals surface area contributed by atoms with Crippen LogP contribution in [-0.2, 0) is 14.9 Å². The molecule has 0 aliphatic heterocycles. The summed E-state index contributed by atoms with van der Waals surface area (Å²) >= 11 is 0. The first-order valence-electron chi connectivity index (χ1n) is 6.13. The van der Waals surface area contributed by atoms with Gasteiger partial charge in [-0.05, 0) is 24.6 Å². The van der Waals surface area contributed by atoms with Crippen molar-refractivity contribution in [1.29, 1.82) is 0 Å². The number of carbonyl (C=O) groups excluding carboxylic acids is 1. The number of ether oxygens (including phenoxy) is 2. The molecule has 1 fully saturated rings. The van der Waals surface area contributed by atoms with Gasteiger partial charge in [0.2, 0.25) is 0 Å². The molecule has 0 unspecified atom stereocenters. The fraction of sp³-hybridized carbons (Fsp3) is 0.500. The highest BCUT2D eigenvalue weighted by Crippen LogP contribution is 2.54. The first-order valence-corrected chi connectivity index (χ1v) is 6.13. The zero-order chi connectivity index (χ0) is 14.1. The van der Waals surface area contributed by atoms with Crippen LogP contribution in [-0.4, -0.2) is 25.6 Å². The molecule has 0 radical (unpaired) electrons. The molecule has 1 aromatic carbocycles. The van der Waals surface area contributed by atoms with Crippen LogP contribution in [0.4, 0.5) is 8.78 Å². The quantitative estimate of drug-likeness (QED) is 0.789. The molecule has 0 bridgehead atoms. The lowest BCUT2D eigenvalue weighted by atomic mass is 9.62. The molecular formula is C14H16F2O3. The van der Waals surface area contributed by atoms with E-state index in [0.717, 1.165) is 0 Å². The van der Waals surface area contributed by atoms with E-state index >= 15 is 0 Å². The molecule has 0 atom stereocenters. The summed E-state index contributed by atoms with van der Waals surface area (Å²) in [5, 5.41) is 0. The monoisotopic (exact) mass is 270 g/mol. The van der Waals surface area contributed by atoms with Crippen molar-refractivity contribution in [3.8, 4) is 5.75 Å². The molecule has 1 aliphatic rings. The number of carbonyl (C=O) groups is 1. The minimum absolute atomic E-state index is 0.177. The number of benzene rings is 1. The van der Waals surface area contributed by atoms with Gasteiger partial charge in [-0.2, -0.15) is 0 Å². The molecule has 0 heterocycles. The van der Waals surface area contributed by atoms with Crippen LogP contribution in [0.1, 0.15) is 25.3 Å². The molecule has 3 nitrogen and oxygen atoms in total. The van der Waals surface area contributed by atoms with Crippen molar-refractivity contribution < 1.29 is 23.0 Å². The lowest BCUT2D eigenvalue weighted by molar-refractivity contribution is -0.179. The number of rotatable bonds is 4. The smallest absolute Gasteiger partial charge is 0.317 e. The van der Waals surface area contributed by atoms with Crippen molar-refractivity contribution in [3.63, 3.8) is 0 Å². The molecule has 19 heavy (non-hydrogen) atoms. The highest BCUT2D eigenvalue weighted by Gasteiger charge is 2.62. The van der Waals surface area contributed by atoms with Gasteiger partial charge in [0.05, 0.1) is 13.7 Å². The van der Waals surface area contributed by atoms with Gasteiger partial charge in [0.25, 0.3) is 5.92 Å². The minimum Gasteiger partial charge on any atom is -0.497 e. The van der Waals surface area contributed by atoms with Crippen LogP contribution >= 0.6 is 0 Å². The molecule has 1 saturated carbocycles. The van der Waals surface area contributed by atoms with Gasteiger partial charge in [0.15, 0.2) is 0 Å². The standard InChI is InChI=1S/C14H16F2O3/c1-3-19-12(17)13(8-14(15,16)9-13)10-5-4-6-11(7-10)18-2/h4-7H,3,8-9H2,1-2H3. The number of alkyl halides is 2. The Morgan fingerprint density at radius 3 is 2.58 bits per heavy atom. The van der Waals surface area contributed by atoms with Crippen molar-refractivity contribution in [2.24, 2.45) is 0 Å². The van der Waals surface area contributed by atoms with E-state index in [1.165, 1.54) is 7.11 Å². The predicted octanol–water partition coefficient (Wildman–Crippen LogP) is 2.93. The molecule has 0 saturated heterocycles. The van der Waals surface area contributed by atoms with E-state index in [1.54, 1.807) is 31.2 Å². The van der Waals surface area contributed by atoms with Crippen LogP contribution in [0.2, 0.25) is 0 Å². The summed E-state index contributed by atoms with van der Waals surface area (Å²) in [6.07, 6.45) is -1.02. The van der Waals surface area contributed by atoms with Gasteiger partial charge in [-0.1, -0.05) is 12.1 Å². The Hall–Kier alpha value is -1.65. The van der Waals surface area contributed by atoms with E-state index in [4.69, 9.17) is 9.47 Å². The summed E-state index contributed by atoms with van der Waals surface area (Å²) in [4.78, 5) is 12.0. The maximum absolute atomic E-state index is 13.3. The molecule has 2 rings (SSSR count). The van der Waals surface area contributed by atoms with E-state index in [2.05, 4.69) is 0 Å². The molecule has 104 valence electrons. The molecule has 0 aromatic heterocycles. The molecule has 0 N–H and O–H groups in total. The molecule has 1 aromatic rings. The van der Waals surface area contributed by atoms with E-state index in [1.807, 2.05) is 0 Å². The molecular weight excluding hydrogens is 254 g/mol. The van der Waals surface area contributed by atoms with E-state index in [-0.39, 0.29) is 6.61 Å². The Morgan fingerprint density at radius 2 is 2.05 bits per heavy atom. The number of halogens is 2. The normalized spacial score (nSPS) is 19.4. The van der Waals surface area contributed by atoms with Crippen LogP contribution < -0.4 is 4.74 Å². The SMILES string of the molecule is CCOC(=O)C1(c2cccc(OC)c2)CC(F)(F)C1. The van der Waals surface area contributed by atoms with Crippen molar-refractivity contribution >= 4 is 5.97 Å². The van der Waals surface area contributed by atoms with Crippen molar-refractivity contribution in [2.75, 3.05) is 13.7 Å². The van der Waals surface area contributed by atoms with Gasteiger partial charge < -0.3 is 9.47 Å². The Balaban J connectivity index is 2.36. The third kappa shape index (κ3) is 2.41. The number of hydrogen-bond acceptors (Lipinski definition) is 3. The first-order chi connectivity index (χ1) is 8.93. The van der Waals surface area contributed by atoms with E-state index in [9.17, 15) is 13.6 Å². The maximum atomic E-state index is 13.3. The fourth-order valence-electron chi connectivity index (χ4n) is 2.49. The summed E-state index contributed by atoms with van der Waals surface area (Å²) in [5.74, 6) is -2.86. The number of esters is 1. The van der Waals surface area contributed by atoms with Gasteiger partial charge in [0, 0.05) is 12.8 Å². The van der Waals surface area contributed by atoms with Crippen LogP contribution in [0.5, 0.6) is 5.75 Å².